The minimum Gasteiger partial charge on any atom is -0.366 e. The first kappa shape index (κ1) is 23.0. The zero-order valence-corrected chi connectivity index (χ0v) is 20.6. The molecule has 1 aliphatic carbocycles. The molecular weight excluding hydrogens is 464 g/mol. The number of thioether (sulfide) groups is 1. The number of anilines is 1. The molecule has 0 saturated heterocycles. The molecule has 0 atom stereocenters. The van der Waals surface area contributed by atoms with Crippen molar-refractivity contribution >= 4 is 61.5 Å². The molecule has 0 aliphatic heterocycles. The summed E-state index contributed by atoms with van der Waals surface area (Å²) < 4.78 is 1.74. The predicted octanol–water partition coefficient (Wildman–Crippen LogP) is 4.27. The van der Waals surface area contributed by atoms with Crippen molar-refractivity contribution in [1.29, 1.82) is 0 Å². The first-order chi connectivity index (χ1) is 15.3. The number of nitrogens with two attached hydrogens (primary N) is 1. The van der Waals surface area contributed by atoms with E-state index in [1.165, 1.54) is 33.5 Å². The quantitative estimate of drug-likeness (QED) is 0.362. The number of nitrogens with zero attached hydrogens (tertiary/aromatic N) is 2. The van der Waals surface area contributed by atoms with Crippen molar-refractivity contribution in [2.45, 2.75) is 57.7 Å². The van der Waals surface area contributed by atoms with Gasteiger partial charge in [0.1, 0.15) is 9.83 Å². The summed E-state index contributed by atoms with van der Waals surface area (Å²) in [7, 11) is 0. The lowest BCUT2D eigenvalue weighted by molar-refractivity contribution is -0.113. The van der Waals surface area contributed by atoms with E-state index in [-0.39, 0.29) is 17.2 Å². The van der Waals surface area contributed by atoms with Crippen LogP contribution in [0.2, 0.25) is 0 Å². The number of aryl methyl sites for hydroxylation is 2. The first-order valence-electron chi connectivity index (χ1n) is 10.7. The monoisotopic (exact) mass is 490 g/mol. The zero-order valence-electron chi connectivity index (χ0n) is 18.1. The van der Waals surface area contributed by atoms with E-state index in [9.17, 15) is 14.4 Å². The maximum absolute atomic E-state index is 13.5. The molecule has 0 radical (unpaired) electrons. The van der Waals surface area contributed by atoms with Gasteiger partial charge in [-0.1, -0.05) is 25.6 Å². The average Bonchev–Trinajstić information content (AvgIpc) is 3.35. The van der Waals surface area contributed by atoms with Crippen LogP contribution in [0.15, 0.2) is 21.4 Å². The second kappa shape index (κ2) is 9.76. The molecule has 10 heteroatoms. The van der Waals surface area contributed by atoms with Crippen molar-refractivity contribution in [3.63, 3.8) is 0 Å². The summed E-state index contributed by atoms with van der Waals surface area (Å²) in [5.74, 6) is -0.317. The van der Waals surface area contributed by atoms with Crippen LogP contribution < -0.4 is 16.6 Å². The van der Waals surface area contributed by atoms with E-state index >= 15 is 0 Å². The topological polar surface area (TPSA) is 107 Å². The SMILES string of the molecule is CC(C)CCn1c(SCC(=O)Nc2sccc2C(N)=O)nc2sc3c(c2c1=O)CCCC3. The van der Waals surface area contributed by atoms with E-state index in [0.29, 0.717) is 28.2 Å². The van der Waals surface area contributed by atoms with Gasteiger partial charge in [-0.2, -0.15) is 0 Å². The molecule has 4 rings (SSSR count). The molecule has 0 aromatic carbocycles. The van der Waals surface area contributed by atoms with Gasteiger partial charge in [0, 0.05) is 11.4 Å². The lowest BCUT2D eigenvalue weighted by Crippen LogP contribution is -2.25. The van der Waals surface area contributed by atoms with Gasteiger partial charge in [0.25, 0.3) is 11.5 Å². The number of thiophene rings is 2. The Bertz CT molecular complexity index is 1230. The highest BCUT2D eigenvalue weighted by atomic mass is 32.2. The Labute approximate surface area is 198 Å². The number of fused-ring (bicyclic) bond motifs is 3. The molecule has 2 amide bonds. The van der Waals surface area contributed by atoms with Gasteiger partial charge in [-0.3, -0.25) is 19.0 Å². The molecule has 0 bridgehead atoms. The van der Waals surface area contributed by atoms with Crippen LogP contribution in [0, 0.1) is 5.92 Å². The minimum atomic E-state index is -0.578. The van der Waals surface area contributed by atoms with E-state index in [4.69, 9.17) is 10.7 Å². The molecule has 0 spiro atoms. The standard InChI is InChI=1S/C22H26N4O3S3/c1-12(2)7-9-26-21(29)17-13-5-3-4-6-15(13)32-20(17)25-22(26)31-11-16(27)24-19-14(18(23)28)8-10-30-19/h8,10,12H,3-7,9,11H2,1-2H3,(H2,23,28)(H,24,27). The number of carbonyl (C=O) groups excluding carboxylic acids is 2. The molecule has 170 valence electrons. The van der Waals surface area contributed by atoms with Crippen LogP contribution in [0.1, 0.15) is 53.9 Å². The van der Waals surface area contributed by atoms with Crippen LogP contribution in [0.3, 0.4) is 0 Å². The van der Waals surface area contributed by atoms with Gasteiger partial charge in [-0.25, -0.2) is 4.98 Å². The number of aromatic nitrogens is 2. The van der Waals surface area contributed by atoms with Gasteiger partial charge in [-0.05, 0) is 55.0 Å². The number of carbonyl (C=O) groups is 2. The summed E-state index contributed by atoms with van der Waals surface area (Å²) in [4.78, 5) is 44.4. The average molecular weight is 491 g/mol. The zero-order chi connectivity index (χ0) is 22.8. The molecular formula is C22H26N4O3S3. The third-order valence-electron chi connectivity index (χ3n) is 5.49. The molecule has 7 nitrogen and oxygen atoms in total. The molecule has 3 N–H and O–H groups in total. The fourth-order valence-corrected chi connectivity index (χ4v) is 6.74. The van der Waals surface area contributed by atoms with Crippen molar-refractivity contribution < 1.29 is 9.59 Å². The molecule has 3 aromatic heterocycles. The second-order valence-corrected chi connectivity index (χ2v) is 11.2. The summed E-state index contributed by atoms with van der Waals surface area (Å²) in [6.45, 7) is 4.83. The van der Waals surface area contributed by atoms with Gasteiger partial charge in [0.2, 0.25) is 5.91 Å². The number of hydrogen-bond acceptors (Lipinski definition) is 7. The number of rotatable bonds is 8. The smallest absolute Gasteiger partial charge is 0.263 e. The van der Waals surface area contributed by atoms with E-state index in [0.717, 1.165) is 42.3 Å². The Kier molecular flexibility index (Phi) is 7.02. The van der Waals surface area contributed by atoms with E-state index in [2.05, 4.69) is 19.2 Å². The molecule has 32 heavy (non-hydrogen) atoms. The van der Waals surface area contributed by atoms with Crippen LogP contribution >= 0.6 is 34.4 Å². The number of hydrogen-bond donors (Lipinski definition) is 2. The Morgan fingerprint density at radius 2 is 2.09 bits per heavy atom. The molecule has 3 heterocycles. The van der Waals surface area contributed by atoms with Gasteiger partial charge < -0.3 is 11.1 Å². The lowest BCUT2D eigenvalue weighted by Gasteiger charge is -2.14. The van der Waals surface area contributed by atoms with Crippen LogP contribution in [0.4, 0.5) is 5.00 Å². The van der Waals surface area contributed by atoms with Gasteiger partial charge in [0.15, 0.2) is 5.16 Å². The third-order valence-corrected chi connectivity index (χ3v) is 8.48. The first-order valence-corrected chi connectivity index (χ1v) is 13.4. The summed E-state index contributed by atoms with van der Waals surface area (Å²) in [6.07, 6.45) is 5.07. The minimum absolute atomic E-state index is 0.00669. The molecule has 0 fully saturated rings. The van der Waals surface area contributed by atoms with Crippen molar-refractivity contribution in [2.24, 2.45) is 11.7 Å². The fourth-order valence-electron chi connectivity index (χ4n) is 3.81. The summed E-state index contributed by atoms with van der Waals surface area (Å²) in [5.41, 5.74) is 6.84. The van der Waals surface area contributed by atoms with Gasteiger partial charge >= 0.3 is 0 Å². The highest BCUT2D eigenvalue weighted by Gasteiger charge is 2.23. The van der Waals surface area contributed by atoms with E-state index in [1.54, 1.807) is 27.4 Å². The maximum Gasteiger partial charge on any atom is 0.263 e. The third kappa shape index (κ3) is 4.77. The fraction of sp³-hybridized carbons (Fsp3) is 0.455. The van der Waals surface area contributed by atoms with Crippen molar-refractivity contribution in [2.75, 3.05) is 11.1 Å². The Morgan fingerprint density at radius 3 is 2.84 bits per heavy atom. The normalized spacial score (nSPS) is 13.5. The van der Waals surface area contributed by atoms with E-state index < -0.39 is 5.91 Å². The van der Waals surface area contributed by atoms with Crippen LogP contribution in [0.25, 0.3) is 10.2 Å². The van der Waals surface area contributed by atoms with Crippen molar-refractivity contribution in [3.05, 3.63) is 37.8 Å². The van der Waals surface area contributed by atoms with Crippen molar-refractivity contribution in [3.8, 4) is 0 Å². The summed E-state index contributed by atoms with van der Waals surface area (Å²) >= 11 is 4.12. The maximum atomic E-state index is 13.5. The molecule has 0 unspecified atom stereocenters. The van der Waals surface area contributed by atoms with Gasteiger partial charge in [0.05, 0.1) is 16.7 Å². The highest BCUT2D eigenvalue weighted by molar-refractivity contribution is 7.99. The Morgan fingerprint density at radius 1 is 1.31 bits per heavy atom. The Hall–Kier alpha value is -2.17. The number of primary amides is 1. The predicted molar refractivity (Wildman–Crippen MR) is 132 cm³/mol. The largest absolute Gasteiger partial charge is 0.366 e. The van der Waals surface area contributed by atoms with Crippen LogP contribution in [-0.2, 0) is 24.2 Å². The van der Waals surface area contributed by atoms with Crippen LogP contribution in [-0.4, -0.2) is 27.1 Å². The van der Waals surface area contributed by atoms with Crippen molar-refractivity contribution in [1.82, 2.24) is 9.55 Å². The lowest BCUT2D eigenvalue weighted by atomic mass is 9.97. The summed E-state index contributed by atoms with van der Waals surface area (Å²) in [6, 6.07) is 1.59. The van der Waals surface area contributed by atoms with Gasteiger partial charge in [-0.15, -0.1) is 22.7 Å². The van der Waals surface area contributed by atoms with E-state index in [1.807, 2.05) is 0 Å². The molecule has 0 saturated carbocycles. The Balaban J connectivity index is 1.61. The molecule has 3 aromatic rings. The second-order valence-electron chi connectivity index (χ2n) is 8.29. The highest BCUT2D eigenvalue weighted by Crippen LogP contribution is 2.35. The number of amides is 2. The number of nitrogens with one attached hydrogen (secondary N) is 1. The molecule has 1 aliphatic rings. The van der Waals surface area contributed by atoms with Crippen LogP contribution in [0.5, 0.6) is 0 Å². The summed E-state index contributed by atoms with van der Waals surface area (Å²) in [5, 5.41) is 6.24.